The molecule has 4 N–H and O–H groups in total. The van der Waals surface area contributed by atoms with E-state index in [0.717, 1.165) is 31.7 Å². The lowest BCUT2D eigenvalue weighted by Crippen LogP contribution is -2.67. The molecule has 3 fully saturated rings. The maximum Gasteiger partial charge on any atom is 0.0804 e. The van der Waals surface area contributed by atoms with Gasteiger partial charge in [-0.1, -0.05) is 51.5 Å². The van der Waals surface area contributed by atoms with Crippen molar-refractivity contribution in [3.05, 3.63) is 23.8 Å². The number of likely N-dealkylation sites (N-methyl/N-ethyl adjacent to an activating group) is 1. The van der Waals surface area contributed by atoms with Crippen molar-refractivity contribution in [1.82, 2.24) is 20.4 Å². The molecule has 0 aromatic carbocycles. The number of nitrogens with two attached hydrogens (primary N) is 1. The van der Waals surface area contributed by atoms with E-state index in [-0.39, 0.29) is 6.17 Å². The van der Waals surface area contributed by atoms with Crippen LogP contribution in [0.5, 0.6) is 0 Å². The second-order valence-corrected chi connectivity index (χ2v) is 11.7. The van der Waals surface area contributed by atoms with Gasteiger partial charge in [0.2, 0.25) is 0 Å². The lowest BCUT2D eigenvalue weighted by Gasteiger charge is -2.59. The summed E-state index contributed by atoms with van der Waals surface area (Å²) in [4.78, 5) is 4.91. The Morgan fingerprint density at radius 2 is 2.03 bits per heavy atom. The molecule has 2 aliphatic carbocycles. The van der Waals surface area contributed by atoms with Gasteiger partial charge in [-0.15, -0.1) is 0 Å². The van der Waals surface area contributed by atoms with E-state index >= 15 is 0 Å². The van der Waals surface area contributed by atoms with Gasteiger partial charge in [0.15, 0.2) is 0 Å². The summed E-state index contributed by atoms with van der Waals surface area (Å²) < 4.78 is 0. The second-order valence-electron chi connectivity index (χ2n) is 11.7. The molecule has 3 unspecified atom stereocenters. The van der Waals surface area contributed by atoms with Crippen LogP contribution >= 0.6 is 0 Å². The van der Waals surface area contributed by atoms with Crippen LogP contribution in [0.25, 0.3) is 0 Å². The monoisotopic (exact) mass is 429 g/mol. The van der Waals surface area contributed by atoms with Gasteiger partial charge in [-0.3, -0.25) is 20.4 Å². The smallest absolute Gasteiger partial charge is 0.0804 e. The van der Waals surface area contributed by atoms with Crippen molar-refractivity contribution in [1.29, 1.82) is 0 Å². The minimum atomic E-state index is 0.0333. The van der Waals surface area contributed by atoms with Gasteiger partial charge in [-0.05, 0) is 74.7 Å². The Balaban J connectivity index is 1.40. The zero-order chi connectivity index (χ0) is 22.4. The fourth-order valence-electron chi connectivity index (χ4n) is 7.32. The third-order valence-electron chi connectivity index (χ3n) is 10.0. The Morgan fingerprint density at radius 3 is 2.81 bits per heavy atom. The Morgan fingerprint density at radius 1 is 1.26 bits per heavy atom. The molecule has 0 radical (unpaired) electrons. The average molecular weight is 430 g/mol. The molecule has 4 rings (SSSR count). The number of hydrogen-bond acceptors (Lipinski definition) is 5. The first-order valence-corrected chi connectivity index (χ1v) is 12.7. The molecular formula is C26H47N5. The fraction of sp³-hybridized carbons (Fsp3) is 0.846. The number of nitrogens with one attached hydrogen (secondary N) is 2. The van der Waals surface area contributed by atoms with Crippen LogP contribution in [-0.4, -0.2) is 55.1 Å². The van der Waals surface area contributed by atoms with Crippen LogP contribution in [0.1, 0.15) is 66.7 Å². The van der Waals surface area contributed by atoms with Gasteiger partial charge in [-0.25, -0.2) is 0 Å². The third-order valence-corrected chi connectivity index (χ3v) is 10.0. The SMILES string of the molecule is CC(=CCN1CN(C)C2NCNC(N)C21)CC[C@]1(C)[C@H]2CC=C[C@@H](C)[C@]2(C)CC[C@H]1C. The maximum absolute atomic E-state index is 6.41. The summed E-state index contributed by atoms with van der Waals surface area (Å²) in [6.07, 6.45) is 14.4. The van der Waals surface area contributed by atoms with Crippen LogP contribution in [0.15, 0.2) is 23.8 Å². The minimum absolute atomic E-state index is 0.0333. The summed E-state index contributed by atoms with van der Waals surface area (Å²) in [5, 5.41) is 6.93. The quantitative estimate of drug-likeness (QED) is 0.582. The lowest BCUT2D eigenvalue weighted by molar-refractivity contribution is -0.0779. The van der Waals surface area contributed by atoms with Crippen molar-refractivity contribution in [3.8, 4) is 0 Å². The van der Waals surface area contributed by atoms with Crippen molar-refractivity contribution in [3.63, 3.8) is 0 Å². The molecule has 5 heteroatoms. The highest BCUT2D eigenvalue weighted by molar-refractivity contribution is 5.13. The van der Waals surface area contributed by atoms with Gasteiger partial charge in [0.05, 0.1) is 25.0 Å². The Hall–Kier alpha value is -0.720. The van der Waals surface area contributed by atoms with Crippen LogP contribution in [-0.2, 0) is 0 Å². The molecule has 0 amide bonds. The van der Waals surface area contributed by atoms with Crippen LogP contribution in [0.4, 0.5) is 0 Å². The highest BCUT2D eigenvalue weighted by Crippen LogP contribution is 2.61. The summed E-state index contributed by atoms with van der Waals surface area (Å²) in [5.41, 5.74) is 8.85. The molecule has 2 heterocycles. The number of rotatable bonds is 5. The number of hydrogen-bond donors (Lipinski definition) is 3. The van der Waals surface area contributed by atoms with E-state index < -0.39 is 0 Å². The van der Waals surface area contributed by atoms with Crippen LogP contribution in [0.2, 0.25) is 0 Å². The van der Waals surface area contributed by atoms with Gasteiger partial charge >= 0.3 is 0 Å². The minimum Gasteiger partial charge on any atom is -0.314 e. The van der Waals surface area contributed by atoms with Crippen LogP contribution < -0.4 is 16.4 Å². The Bertz CT molecular complexity index is 704. The van der Waals surface area contributed by atoms with E-state index in [4.69, 9.17) is 5.73 Å². The van der Waals surface area contributed by atoms with Crippen molar-refractivity contribution >= 4 is 0 Å². The van der Waals surface area contributed by atoms with Gasteiger partial charge in [0, 0.05) is 13.2 Å². The Labute approximate surface area is 190 Å². The number of fused-ring (bicyclic) bond motifs is 2. The molecule has 0 spiro atoms. The van der Waals surface area contributed by atoms with E-state index in [1.807, 2.05) is 0 Å². The topological polar surface area (TPSA) is 56.6 Å². The first-order valence-electron chi connectivity index (χ1n) is 12.7. The highest BCUT2D eigenvalue weighted by atomic mass is 15.5. The molecule has 1 saturated carbocycles. The first-order chi connectivity index (χ1) is 14.7. The summed E-state index contributed by atoms with van der Waals surface area (Å²) in [7, 11) is 2.20. The Kier molecular flexibility index (Phi) is 6.73. The first kappa shape index (κ1) is 23.4. The van der Waals surface area contributed by atoms with Crippen LogP contribution in [0.3, 0.4) is 0 Å². The van der Waals surface area contributed by atoms with E-state index in [1.54, 1.807) is 0 Å². The van der Waals surface area contributed by atoms with Crippen molar-refractivity contribution in [2.75, 3.05) is 26.9 Å². The van der Waals surface area contributed by atoms with E-state index in [0.29, 0.717) is 29.0 Å². The van der Waals surface area contributed by atoms with E-state index in [1.165, 1.54) is 37.7 Å². The molecular weight excluding hydrogens is 382 g/mol. The van der Waals surface area contributed by atoms with E-state index in [2.05, 4.69) is 80.3 Å². The molecule has 176 valence electrons. The second kappa shape index (κ2) is 8.90. The van der Waals surface area contributed by atoms with Gasteiger partial charge in [0.25, 0.3) is 0 Å². The molecule has 0 bridgehead atoms. The third kappa shape index (κ3) is 4.17. The fourth-order valence-corrected chi connectivity index (χ4v) is 7.32. The van der Waals surface area contributed by atoms with Crippen molar-refractivity contribution < 1.29 is 0 Å². The van der Waals surface area contributed by atoms with E-state index in [9.17, 15) is 0 Å². The molecule has 2 aliphatic heterocycles. The maximum atomic E-state index is 6.41. The molecule has 0 aromatic heterocycles. The van der Waals surface area contributed by atoms with Gasteiger partial charge in [0.1, 0.15) is 0 Å². The summed E-state index contributed by atoms with van der Waals surface area (Å²) in [5.74, 6) is 2.32. The molecule has 5 nitrogen and oxygen atoms in total. The normalized spacial score (nSPS) is 46.7. The molecule has 0 aromatic rings. The molecule has 4 aliphatic rings. The predicted octanol–water partition coefficient (Wildman–Crippen LogP) is 3.70. The van der Waals surface area contributed by atoms with Crippen molar-refractivity contribution in [2.24, 2.45) is 34.3 Å². The largest absolute Gasteiger partial charge is 0.314 e. The van der Waals surface area contributed by atoms with Gasteiger partial charge < -0.3 is 5.73 Å². The zero-order valence-corrected chi connectivity index (χ0v) is 20.8. The predicted molar refractivity (Wildman–Crippen MR) is 130 cm³/mol. The summed E-state index contributed by atoms with van der Waals surface area (Å²) >= 11 is 0. The summed E-state index contributed by atoms with van der Waals surface area (Å²) in [6, 6.07) is 0.329. The summed E-state index contributed by atoms with van der Waals surface area (Å²) in [6.45, 7) is 15.2. The van der Waals surface area contributed by atoms with Gasteiger partial charge in [-0.2, -0.15) is 0 Å². The highest BCUT2D eigenvalue weighted by Gasteiger charge is 2.53. The lowest BCUT2D eigenvalue weighted by atomic mass is 9.46. The average Bonchev–Trinajstić information content (AvgIpc) is 3.07. The van der Waals surface area contributed by atoms with Crippen LogP contribution in [0, 0.1) is 28.6 Å². The molecule has 2 saturated heterocycles. The number of nitrogens with zero attached hydrogens (tertiary/aromatic N) is 2. The molecule has 31 heavy (non-hydrogen) atoms. The van der Waals surface area contributed by atoms with Crippen molar-refractivity contribution in [2.45, 2.75) is 85.1 Å². The molecule has 8 atom stereocenters. The zero-order valence-electron chi connectivity index (χ0n) is 20.8. The number of allylic oxidation sites excluding steroid dienone is 3. The standard InChI is InChI=1S/C26H47N5/c1-18(12-15-31-17-30(6)24-22(31)23(27)28-16-29-24)10-13-25(4)20(3)11-14-26(5)19(2)8-7-9-21(25)26/h7-8,12,19-24,28-29H,9-11,13-17,27H2,1-6H3/t19-,20-,21-,22?,23?,24?,25+,26+/m1/s1.